The number of carbonyl (C=O) groups is 2. The van der Waals surface area contributed by atoms with E-state index in [4.69, 9.17) is 5.26 Å². The highest BCUT2D eigenvalue weighted by Gasteiger charge is 2.29. The van der Waals surface area contributed by atoms with Crippen molar-refractivity contribution < 1.29 is 14.0 Å². The van der Waals surface area contributed by atoms with E-state index >= 15 is 0 Å². The minimum absolute atomic E-state index is 0.194. The van der Waals surface area contributed by atoms with E-state index in [1.807, 2.05) is 0 Å². The fourth-order valence-electron chi connectivity index (χ4n) is 3.20. The average Bonchev–Trinajstić information content (AvgIpc) is 3.26. The number of hydrogen-bond acceptors (Lipinski definition) is 6. The Kier molecular flexibility index (Phi) is 5.59. The summed E-state index contributed by atoms with van der Waals surface area (Å²) in [7, 11) is 0. The van der Waals surface area contributed by atoms with Crippen molar-refractivity contribution in [2.24, 2.45) is 0 Å². The molecule has 1 fully saturated rings. The van der Waals surface area contributed by atoms with Crippen molar-refractivity contribution in [3.05, 3.63) is 60.2 Å². The van der Waals surface area contributed by atoms with Crippen molar-refractivity contribution in [1.82, 2.24) is 20.2 Å². The molecule has 0 saturated carbocycles. The van der Waals surface area contributed by atoms with Crippen molar-refractivity contribution in [2.75, 3.05) is 18.2 Å². The van der Waals surface area contributed by atoms with Gasteiger partial charge in [-0.15, -0.1) is 11.8 Å². The standard InChI is InChI=1S/C21H16FN5O2S/c22-14-2-4-18(25-9-14)13-1-3-19-17(7-13)16(5-6-24-19)21(29)26-10-20(28)27-12-30-11-15(27)8-23/h1-7,9,15H,10-12H2,(H,26,29)/t15-/m1/s1. The van der Waals surface area contributed by atoms with Crippen LogP contribution in [-0.4, -0.2) is 50.9 Å². The van der Waals surface area contributed by atoms with Gasteiger partial charge >= 0.3 is 0 Å². The molecule has 0 aliphatic carbocycles. The van der Waals surface area contributed by atoms with E-state index in [0.717, 1.165) is 6.20 Å². The van der Waals surface area contributed by atoms with Crippen molar-refractivity contribution >= 4 is 34.5 Å². The molecule has 1 aliphatic heterocycles. The second-order valence-electron chi connectivity index (χ2n) is 6.64. The number of thioether (sulfide) groups is 1. The van der Waals surface area contributed by atoms with Crippen molar-refractivity contribution in [3.8, 4) is 17.3 Å². The first kappa shape index (κ1) is 19.8. The number of hydrogen-bond donors (Lipinski definition) is 1. The predicted octanol–water partition coefficient (Wildman–Crippen LogP) is 2.59. The molecule has 0 radical (unpaired) electrons. The van der Waals surface area contributed by atoms with Crippen LogP contribution in [0.15, 0.2) is 48.8 Å². The van der Waals surface area contributed by atoms with Gasteiger partial charge in [-0.05, 0) is 30.3 Å². The van der Waals surface area contributed by atoms with Gasteiger partial charge in [0.1, 0.15) is 11.9 Å². The van der Waals surface area contributed by atoms with Crippen LogP contribution in [0, 0.1) is 17.1 Å². The Labute approximate surface area is 175 Å². The third kappa shape index (κ3) is 3.95. The van der Waals surface area contributed by atoms with Gasteiger partial charge in [-0.3, -0.25) is 19.6 Å². The lowest BCUT2D eigenvalue weighted by atomic mass is 10.0. The molecule has 2 aromatic heterocycles. The van der Waals surface area contributed by atoms with Gasteiger partial charge in [-0.2, -0.15) is 5.26 Å². The molecule has 0 bridgehead atoms. The third-order valence-electron chi connectivity index (χ3n) is 4.76. The highest BCUT2D eigenvalue weighted by atomic mass is 32.2. The van der Waals surface area contributed by atoms with Gasteiger partial charge in [0.15, 0.2) is 0 Å². The van der Waals surface area contributed by atoms with Gasteiger partial charge in [-0.25, -0.2) is 4.39 Å². The Hall–Kier alpha value is -3.51. The van der Waals surface area contributed by atoms with Crippen LogP contribution in [0.5, 0.6) is 0 Å². The topological polar surface area (TPSA) is 99.0 Å². The highest BCUT2D eigenvalue weighted by Crippen LogP contribution is 2.25. The maximum Gasteiger partial charge on any atom is 0.252 e. The molecule has 7 nitrogen and oxygen atoms in total. The lowest BCUT2D eigenvalue weighted by molar-refractivity contribution is -0.129. The summed E-state index contributed by atoms with van der Waals surface area (Å²) in [6.45, 7) is -0.194. The summed E-state index contributed by atoms with van der Waals surface area (Å²) < 4.78 is 13.2. The van der Waals surface area contributed by atoms with Crippen LogP contribution < -0.4 is 5.32 Å². The Bertz CT molecular complexity index is 1160. The third-order valence-corrected chi connectivity index (χ3v) is 5.77. The maximum atomic E-state index is 13.2. The molecule has 1 N–H and O–H groups in total. The monoisotopic (exact) mass is 421 g/mol. The summed E-state index contributed by atoms with van der Waals surface area (Å²) in [5.41, 5.74) is 2.26. The Morgan fingerprint density at radius 3 is 2.90 bits per heavy atom. The van der Waals surface area contributed by atoms with Crippen molar-refractivity contribution in [1.29, 1.82) is 5.26 Å². The number of pyridine rings is 2. The lowest BCUT2D eigenvalue weighted by Gasteiger charge is -2.18. The number of carbonyl (C=O) groups excluding carboxylic acids is 2. The van der Waals surface area contributed by atoms with Gasteiger partial charge in [0.25, 0.3) is 5.91 Å². The molecule has 3 heterocycles. The fourth-order valence-corrected chi connectivity index (χ4v) is 4.30. The van der Waals surface area contributed by atoms with Gasteiger partial charge in [0, 0.05) is 22.9 Å². The molecule has 150 valence electrons. The number of rotatable bonds is 4. The number of nitriles is 1. The van der Waals surface area contributed by atoms with Crippen LogP contribution in [0.4, 0.5) is 4.39 Å². The summed E-state index contributed by atoms with van der Waals surface area (Å²) >= 11 is 1.51. The quantitative estimate of drug-likeness (QED) is 0.695. The molecule has 1 aromatic carbocycles. The molecule has 1 aliphatic rings. The van der Waals surface area contributed by atoms with E-state index in [2.05, 4.69) is 21.4 Å². The molecule has 0 spiro atoms. The van der Waals surface area contributed by atoms with E-state index in [-0.39, 0.29) is 12.5 Å². The zero-order valence-electron chi connectivity index (χ0n) is 15.7. The van der Waals surface area contributed by atoms with Crippen LogP contribution in [0.25, 0.3) is 22.2 Å². The first-order chi connectivity index (χ1) is 14.6. The van der Waals surface area contributed by atoms with Crippen LogP contribution in [-0.2, 0) is 4.79 Å². The Balaban J connectivity index is 1.56. The van der Waals surface area contributed by atoms with Crippen molar-refractivity contribution in [2.45, 2.75) is 6.04 Å². The average molecular weight is 421 g/mol. The highest BCUT2D eigenvalue weighted by molar-refractivity contribution is 7.99. The molecule has 9 heteroatoms. The number of nitrogens with zero attached hydrogens (tertiary/aromatic N) is 4. The smallest absolute Gasteiger partial charge is 0.252 e. The normalized spacial score (nSPS) is 15.7. The number of aromatic nitrogens is 2. The second kappa shape index (κ2) is 8.47. The van der Waals surface area contributed by atoms with E-state index in [0.29, 0.717) is 39.4 Å². The largest absolute Gasteiger partial charge is 0.343 e. The number of benzene rings is 1. The molecule has 1 saturated heterocycles. The van der Waals surface area contributed by atoms with Crippen LogP contribution in [0.1, 0.15) is 10.4 Å². The number of halogens is 1. The number of fused-ring (bicyclic) bond motifs is 1. The first-order valence-corrected chi connectivity index (χ1v) is 10.3. The summed E-state index contributed by atoms with van der Waals surface area (Å²) in [5.74, 6) is -0.124. The van der Waals surface area contributed by atoms with Gasteiger partial charge < -0.3 is 10.2 Å². The van der Waals surface area contributed by atoms with E-state index in [1.165, 1.54) is 28.9 Å². The fraction of sp³-hybridized carbons (Fsp3) is 0.190. The van der Waals surface area contributed by atoms with Gasteiger partial charge in [-0.1, -0.05) is 6.07 Å². The summed E-state index contributed by atoms with van der Waals surface area (Å²) in [6.07, 6.45) is 2.66. The lowest BCUT2D eigenvalue weighted by Crippen LogP contribution is -2.42. The summed E-state index contributed by atoms with van der Waals surface area (Å²) in [4.78, 5) is 35.0. The van der Waals surface area contributed by atoms with E-state index < -0.39 is 17.8 Å². The molecular formula is C21H16FN5O2S. The zero-order chi connectivity index (χ0) is 21.1. The molecule has 4 rings (SSSR count). The molecule has 30 heavy (non-hydrogen) atoms. The molecule has 0 unspecified atom stereocenters. The summed E-state index contributed by atoms with van der Waals surface area (Å²) in [6, 6.07) is 11.4. The minimum Gasteiger partial charge on any atom is -0.343 e. The minimum atomic E-state index is -0.466. The number of nitrogens with one attached hydrogen (secondary N) is 1. The summed E-state index contributed by atoms with van der Waals surface area (Å²) in [5, 5.41) is 12.3. The van der Waals surface area contributed by atoms with E-state index in [1.54, 1.807) is 30.3 Å². The maximum absolute atomic E-state index is 13.2. The molecule has 1 atom stereocenters. The molecule has 3 aromatic rings. The first-order valence-electron chi connectivity index (χ1n) is 9.12. The molecular weight excluding hydrogens is 405 g/mol. The Morgan fingerprint density at radius 2 is 2.13 bits per heavy atom. The van der Waals surface area contributed by atoms with Gasteiger partial charge in [0.2, 0.25) is 5.91 Å². The van der Waals surface area contributed by atoms with Crippen LogP contribution in [0.3, 0.4) is 0 Å². The second-order valence-corrected chi connectivity index (χ2v) is 7.64. The van der Waals surface area contributed by atoms with Crippen molar-refractivity contribution in [3.63, 3.8) is 0 Å². The number of amides is 2. The molecule has 2 amide bonds. The SMILES string of the molecule is N#C[C@@H]1CSCN1C(=O)CNC(=O)c1ccnc2ccc(-c3ccc(F)cn3)cc12. The van der Waals surface area contributed by atoms with Crippen LogP contribution in [0.2, 0.25) is 0 Å². The predicted molar refractivity (Wildman–Crippen MR) is 111 cm³/mol. The van der Waals surface area contributed by atoms with Gasteiger partial charge in [0.05, 0.1) is 41.5 Å². The van der Waals surface area contributed by atoms with Crippen LogP contribution >= 0.6 is 11.8 Å². The van der Waals surface area contributed by atoms with E-state index in [9.17, 15) is 14.0 Å². The zero-order valence-corrected chi connectivity index (χ0v) is 16.5. The Morgan fingerprint density at radius 1 is 1.27 bits per heavy atom.